The van der Waals surface area contributed by atoms with Gasteiger partial charge in [-0.15, -0.1) is 6.58 Å². The fraction of sp³-hybridized carbons (Fsp3) is 0.200. The summed E-state index contributed by atoms with van der Waals surface area (Å²) < 4.78 is 1.26. The van der Waals surface area contributed by atoms with Crippen LogP contribution >= 0.6 is 0 Å². The smallest absolute Gasteiger partial charge is 0.251 e. The third-order valence-corrected chi connectivity index (χ3v) is 1.76. The minimum atomic E-state index is -0.252. The molecule has 0 aliphatic heterocycles. The third kappa shape index (κ3) is 3.30. The quantitative estimate of drug-likeness (QED) is 0.667. The Bertz CT molecular complexity index is 423. The number of nitrogens with one attached hydrogen (secondary N) is 1. The summed E-state index contributed by atoms with van der Waals surface area (Å²) in [5.74, 6) is -0.248. The van der Waals surface area contributed by atoms with Crippen molar-refractivity contribution in [1.29, 1.82) is 0 Å². The van der Waals surface area contributed by atoms with E-state index >= 15 is 0 Å². The molecule has 0 bridgehead atoms. The molecule has 0 aliphatic rings. The number of carbonyl (C=O) groups excluding carboxylic acids is 1. The summed E-state index contributed by atoms with van der Waals surface area (Å²) in [6, 6.07) is 2.83. The molecule has 0 unspecified atom stereocenters. The zero-order valence-electron chi connectivity index (χ0n) is 8.27. The SMILES string of the molecule is C=CCNC(=O)Cn1cc(N)ccc1=O. The number of carbonyl (C=O) groups is 1. The van der Waals surface area contributed by atoms with Crippen LogP contribution in [0.2, 0.25) is 0 Å². The molecule has 0 radical (unpaired) electrons. The number of hydrogen-bond acceptors (Lipinski definition) is 3. The predicted molar refractivity (Wildman–Crippen MR) is 58.3 cm³/mol. The fourth-order valence-corrected chi connectivity index (χ4v) is 1.07. The van der Waals surface area contributed by atoms with Gasteiger partial charge in [-0.3, -0.25) is 9.59 Å². The van der Waals surface area contributed by atoms with Gasteiger partial charge in [0.05, 0.1) is 0 Å². The zero-order chi connectivity index (χ0) is 11.3. The first-order valence-electron chi connectivity index (χ1n) is 4.47. The number of aromatic nitrogens is 1. The summed E-state index contributed by atoms with van der Waals surface area (Å²) in [5, 5.41) is 2.57. The Kier molecular flexibility index (Phi) is 3.68. The second-order valence-corrected chi connectivity index (χ2v) is 3.02. The Balaban J connectivity index is 2.71. The van der Waals surface area contributed by atoms with Crippen LogP contribution in [0.5, 0.6) is 0 Å². The third-order valence-electron chi connectivity index (χ3n) is 1.76. The first-order chi connectivity index (χ1) is 7.13. The topological polar surface area (TPSA) is 77.1 Å². The fourth-order valence-electron chi connectivity index (χ4n) is 1.07. The Labute approximate surface area is 87.2 Å². The molecule has 0 aromatic carbocycles. The highest BCUT2D eigenvalue weighted by Gasteiger charge is 2.02. The number of nitrogens with two attached hydrogens (primary N) is 1. The van der Waals surface area contributed by atoms with Gasteiger partial charge >= 0.3 is 0 Å². The molecule has 15 heavy (non-hydrogen) atoms. The Morgan fingerprint density at radius 3 is 3.00 bits per heavy atom. The lowest BCUT2D eigenvalue weighted by Crippen LogP contribution is -2.31. The standard InChI is InChI=1S/C10H13N3O2/c1-2-5-12-9(14)7-13-6-8(11)3-4-10(13)15/h2-4,6H,1,5,7,11H2,(H,12,14). The van der Waals surface area contributed by atoms with E-state index < -0.39 is 0 Å². The number of rotatable bonds is 4. The molecule has 3 N–H and O–H groups in total. The van der Waals surface area contributed by atoms with Gasteiger partial charge in [0.25, 0.3) is 5.56 Å². The maximum Gasteiger partial charge on any atom is 0.251 e. The number of anilines is 1. The number of nitrogens with zero attached hydrogens (tertiary/aromatic N) is 1. The Morgan fingerprint density at radius 1 is 1.60 bits per heavy atom. The molecule has 0 saturated heterocycles. The van der Waals surface area contributed by atoms with Crippen molar-refractivity contribution in [3.8, 4) is 0 Å². The summed E-state index contributed by atoms with van der Waals surface area (Å²) in [5.41, 5.74) is 5.69. The molecule has 1 aromatic rings. The van der Waals surface area contributed by atoms with E-state index in [1.165, 1.54) is 22.9 Å². The maximum absolute atomic E-state index is 11.3. The maximum atomic E-state index is 11.3. The highest BCUT2D eigenvalue weighted by molar-refractivity contribution is 5.75. The second kappa shape index (κ2) is 4.99. The lowest BCUT2D eigenvalue weighted by atomic mass is 10.4. The van der Waals surface area contributed by atoms with Crippen molar-refractivity contribution >= 4 is 11.6 Å². The molecule has 1 heterocycles. The van der Waals surface area contributed by atoms with Crippen molar-refractivity contribution in [2.75, 3.05) is 12.3 Å². The van der Waals surface area contributed by atoms with Gasteiger partial charge in [0.15, 0.2) is 0 Å². The molecule has 0 atom stereocenters. The first-order valence-corrected chi connectivity index (χ1v) is 4.47. The summed E-state index contributed by atoms with van der Waals surface area (Å²) in [6.07, 6.45) is 3.01. The largest absolute Gasteiger partial charge is 0.398 e. The van der Waals surface area contributed by atoms with Gasteiger partial charge in [-0.1, -0.05) is 6.08 Å². The predicted octanol–water partition coefficient (Wildman–Crippen LogP) is -0.267. The minimum absolute atomic E-state index is 0.0300. The van der Waals surface area contributed by atoms with Crippen molar-refractivity contribution in [2.45, 2.75) is 6.54 Å². The Morgan fingerprint density at radius 2 is 2.33 bits per heavy atom. The van der Waals surface area contributed by atoms with E-state index in [1.54, 1.807) is 6.08 Å². The average Bonchev–Trinajstić information content (AvgIpc) is 2.20. The lowest BCUT2D eigenvalue weighted by Gasteiger charge is -2.05. The molecule has 1 rings (SSSR count). The van der Waals surface area contributed by atoms with Crippen LogP contribution in [0, 0.1) is 0 Å². The molecule has 1 amide bonds. The van der Waals surface area contributed by atoms with E-state index in [0.717, 1.165) is 0 Å². The average molecular weight is 207 g/mol. The molecular formula is C10H13N3O2. The van der Waals surface area contributed by atoms with E-state index in [4.69, 9.17) is 5.73 Å². The van der Waals surface area contributed by atoms with E-state index in [1.807, 2.05) is 0 Å². The van der Waals surface area contributed by atoms with E-state index in [-0.39, 0.29) is 18.0 Å². The van der Waals surface area contributed by atoms with Gasteiger partial charge < -0.3 is 15.6 Å². The van der Waals surface area contributed by atoms with Crippen LogP contribution in [-0.4, -0.2) is 17.0 Å². The molecule has 80 valence electrons. The van der Waals surface area contributed by atoms with Gasteiger partial charge in [-0.25, -0.2) is 0 Å². The molecular weight excluding hydrogens is 194 g/mol. The summed E-state index contributed by atoms with van der Waals surface area (Å²) in [6.45, 7) is 3.82. The van der Waals surface area contributed by atoms with E-state index in [9.17, 15) is 9.59 Å². The van der Waals surface area contributed by atoms with Gasteiger partial charge in [-0.05, 0) is 6.07 Å². The van der Waals surface area contributed by atoms with Crippen molar-refractivity contribution in [3.63, 3.8) is 0 Å². The minimum Gasteiger partial charge on any atom is -0.398 e. The van der Waals surface area contributed by atoms with Crippen LogP contribution in [0.3, 0.4) is 0 Å². The number of hydrogen-bond donors (Lipinski definition) is 2. The van der Waals surface area contributed by atoms with Gasteiger partial charge in [0, 0.05) is 24.5 Å². The van der Waals surface area contributed by atoms with Gasteiger partial charge in [0.2, 0.25) is 5.91 Å². The summed E-state index contributed by atoms with van der Waals surface area (Å²) in [4.78, 5) is 22.6. The van der Waals surface area contributed by atoms with Crippen molar-refractivity contribution in [3.05, 3.63) is 41.3 Å². The molecule has 5 nitrogen and oxygen atoms in total. The van der Waals surface area contributed by atoms with Crippen LogP contribution in [0.1, 0.15) is 0 Å². The van der Waals surface area contributed by atoms with Crippen molar-refractivity contribution < 1.29 is 4.79 Å². The lowest BCUT2D eigenvalue weighted by molar-refractivity contribution is -0.121. The zero-order valence-corrected chi connectivity index (χ0v) is 8.27. The summed E-state index contributed by atoms with van der Waals surface area (Å²) in [7, 11) is 0. The van der Waals surface area contributed by atoms with Crippen molar-refractivity contribution in [2.24, 2.45) is 0 Å². The Hall–Kier alpha value is -2.04. The van der Waals surface area contributed by atoms with Gasteiger partial charge in [0.1, 0.15) is 6.54 Å². The molecule has 0 fully saturated rings. The van der Waals surface area contributed by atoms with Gasteiger partial charge in [-0.2, -0.15) is 0 Å². The molecule has 5 heteroatoms. The highest BCUT2D eigenvalue weighted by Crippen LogP contribution is 1.95. The van der Waals surface area contributed by atoms with E-state index in [2.05, 4.69) is 11.9 Å². The van der Waals surface area contributed by atoms with Crippen LogP contribution in [-0.2, 0) is 11.3 Å². The molecule has 0 aliphatic carbocycles. The van der Waals surface area contributed by atoms with Crippen molar-refractivity contribution in [1.82, 2.24) is 9.88 Å². The molecule has 1 aromatic heterocycles. The molecule has 0 saturated carbocycles. The first kappa shape index (κ1) is 11.0. The monoisotopic (exact) mass is 207 g/mol. The summed E-state index contributed by atoms with van der Waals surface area (Å²) >= 11 is 0. The number of nitrogen functional groups attached to an aromatic ring is 1. The van der Waals surface area contributed by atoms with Crippen LogP contribution < -0.4 is 16.6 Å². The highest BCUT2D eigenvalue weighted by atomic mass is 16.2. The van der Waals surface area contributed by atoms with Crippen LogP contribution in [0.4, 0.5) is 5.69 Å². The number of pyridine rings is 1. The number of amides is 1. The molecule has 0 spiro atoms. The van der Waals surface area contributed by atoms with E-state index in [0.29, 0.717) is 12.2 Å². The van der Waals surface area contributed by atoms with Crippen LogP contribution in [0.25, 0.3) is 0 Å². The second-order valence-electron chi connectivity index (χ2n) is 3.02. The van der Waals surface area contributed by atoms with Crippen LogP contribution in [0.15, 0.2) is 35.8 Å². The normalized spacial score (nSPS) is 9.60.